The number of aryl methyl sites for hydroxylation is 2. The Hall–Kier alpha value is -3.60. The lowest BCUT2D eigenvalue weighted by molar-refractivity contribution is -0.122. The zero-order valence-corrected chi connectivity index (χ0v) is 18.1. The smallest absolute Gasteiger partial charge is 0.265 e. The summed E-state index contributed by atoms with van der Waals surface area (Å²) >= 11 is 0. The molecule has 31 heavy (non-hydrogen) atoms. The van der Waals surface area contributed by atoms with E-state index in [1.165, 1.54) is 0 Å². The lowest BCUT2D eigenvalue weighted by Crippen LogP contribution is -2.32. The maximum atomic E-state index is 12.7. The van der Waals surface area contributed by atoms with Crippen molar-refractivity contribution in [2.75, 3.05) is 11.9 Å². The molecule has 160 valence electrons. The van der Waals surface area contributed by atoms with Gasteiger partial charge < -0.3 is 15.4 Å². The molecule has 5 heteroatoms. The number of nitrogens with one attached hydrogen (secondary N) is 2. The van der Waals surface area contributed by atoms with Crippen LogP contribution in [0.1, 0.15) is 34.0 Å². The quantitative estimate of drug-likeness (QED) is 0.560. The van der Waals surface area contributed by atoms with Gasteiger partial charge in [0.1, 0.15) is 5.75 Å². The summed E-state index contributed by atoms with van der Waals surface area (Å²) in [7, 11) is 0. The van der Waals surface area contributed by atoms with E-state index in [1.807, 2.05) is 62.4 Å². The van der Waals surface area contributed by atoms with Crippen molar-refractivity contribution in [3.05, 3.63) is 95.1 Å². The Bertz CT molecular complexity index is 1050. The summed E-state index contributed by atoms with van der Waals surface area (Å²) in [6, 6.07) is 22.8. The van der Waals surface area contributed by atoms with Crippen LogP contribution in [0.15, 0.2) is 72.8 Å². The molecule has 0 aliphatic rings. The highest BCUT2D eigenvalue weighted by Gasteiger charge is 2.19. The van der Waals surface area contributed by atoms with Crippen LogP contribution in [0.5, 0.6) is 5.75 Å². The predicted molar refractivity (Wildman–Crippen MR) is 124 cm³/mol. The second-order valence-corrected chi connectivity index (χ2v) is 7.56. The van der Waals surface area contributed by atoms with Crippen LogP contribution in [-0.2, 0) is 11.2 Å². The van der Waals surface area contributed by atoms with E-state index in [2.05, 4.69) is 10.6 Å². The molecule has 0 aliphatic heterocycles. The maximum Gasteiger partial charge on any atom is 0.265 e. The summed E-state index contributed by atoms with van der Waals surface area (Å²) in [5.41, 5.74) is 4.06. The SMILES string of the molecule is Cc1ccc(C)c(O[C@@H](C)C(=O)Nc2ccccc2C(=O)NCCc2ccccc2)c1. The summed E-state index contributed by atoms with van der Waals surface area (Å²) in [6.07, 6.45) is 0.0247. The zero-order valence-electron chi connectivity index (χ0n) is 18.1. The number of hydrogen-bond acceptors (Lipinski definition) is 3. The van der Waals surface area contributed by atoms with E-state index >= 15 is 0 Å². The minimum Gasteiger partial charge on any atom is -0.481 e. The molecule has 0 spiro atoms. The lowest BCUT2D eigenvalue weighted by Gasteiger charge is -2.18. The van der Waals surface area contributed by atoms with E-state index in [-0.39, 0.29) is 11.8 Å². The van der Waals surface area contributed by atoms with Gasteiger partial charge in [0.15, 0.2) is 6.10 Å². The molecule has 0 fully saturated rings. The van der Waals surface area contributed by atoms with Crippen LogP contribution >= 0.6 is 0 Å². The number of benzene rings is 3. The Morgan fingerprint density at radius 3 is 2.42 bits per heavy atom. The zero-order chi connectivity index (χ0) is 22.2. The summed E-state index contributed by atoms with van der Waals surface area (Å²) in [5.74, 6) is 0.134. The van der Waals surface area contributed by atoms with Crippen molar-refractivity contribution < 1.29 is 14.3 Å². The minimum atomic E-state index is -0.713. The fourth-order valence-corrected chi connectivity index (χ4v) is 3.16. The maximum absolute atomic E-state index is 12.7. The van der Waals surface area contributed by atoms with Gasteiger partial charge in [-0.1, -0.05) is 54.6 Å². The highest BCUT2D eigenvalue weighted by molar-refractivity contribution is 6.04. The molecule has 2 N–H and O–H groups in total. The molecule has 1 atom stereocenters. The molecule has 3 aromatic carbocycles. The van der Waals surface area contributed by atoms with Crippen molar-refractivity contribution in [1.82, 2.24) is 5.32 Å². The van der Waals surface area contributed by atoms with Crippen LogP contribution in [-0.4, -0.2) is 24.5 Å². The van der Waals surface area contributed by atoms with Crippen LogP contribution in [0.3, 0.4) is 0 Å². The molecular formula is C26H28N2O3. The van der Waals surface area contributed by atoms with Crippen LogP contribution in [0.4, 0.5) is 5.69 Å². The van der Waals surface area contributed by atoms with Crippen LogP contribution in [0.25, 0.3) is 0 Å². The summed E-state index contributed by atoms with van der Waals surface area (Å²) in [6.45, 7) is 6.12. The molecule has 0 bridgehead atoms. The van der Waals surface area contributed by atoms with Gasteiger partial charge in [0.2, 0.25) is 0 Å². The fraction of sp³-hybridized carbons (Fsp3) is 0.231. The number of ether oxygens (including phenoxy) is 1. The van der Waals surface area contributed by atoms with Crippen LogP contribution < -0.4 is 15.4 Å². The second-order valence-electron chi connectivity index (χ2n) is 7.56. The van der Waals surface area contributed by atoms with Gasteiger partial charge in [-0.3, -0.25) is 9.59 Å². The number of amides is 2. The van der Waals surface area contributed by atoms with Crippen LogP contribution in [0.2, 0.25) is 0 Å². The minimum absolute atomic E-state index is 0.227. The van der Waals surface area contributed by atoms with Gasteiger partial charge >= 0.3 is 0 Å². The number of carbonyl (C=O) groups excluding carboxylic acids is 2. The third-order valence-electron chi connectivity index (χ3n) is 4.99. The molecule has 0 aromatic heterocycles. The van der Waals surface area contributed by atoms with Crippen molar-refractivity contribution in [2.24, 2.45) is 0 Å². The number of anilines is 1. The highest BCUT2D eigenvalue weighted by atomic mass is 16.5. The van der Waals surface area contributed by atoms with E-state index in [1.54, 1.807) is 31.2 Å². The molecule has 0 unspecified atom stereocenters. The van der Waals surface area contributed by atoms with E-state index in [4.69, 9.17) is 4.74 Å². The Kier molecular flexibility index (Phi) is 7.44. The topological polar surface area (TPSA) is 67.4 Å². The molecule has 0 saturated heterocycles. The molecule has 0 radical (unpaired) electrons. The van der Waals surface area contributed by atoms with Crippen molar-refractivity contribution in [2.45, 2.75) is 33.3 Å². The highest BCUT2D eigenvalue weighted by Crippen LogP contribution is 2.21. The van der Waals surface area contributed by atoms with Gasteiger partial charge in [-0.25, -0.2) is 0 Å². The number of rotatable bonds is 8. The monoisotopic (exact) mass is 416 g/mol. The average Bonchev–Trinajstić information content (AvgIpc) is 2.77. The Morgan fingerprint density at radius 2 is 1.65 bits per heavy atom. The molecule has 5 nitrogen and oxygen atoms in total. The van der Waals surface area contributed by atoms with Gasteiger partial charge in [0.05, 0.1) is 11.3 Å². The molecular weight excluding hydrogens is 388 g/mol. The van der Waals surface area contributed by atoms with Crippen molar-refractivity contribution >= 4 is 17.5 Å². The molecule has 0 aliphatic carbocycles. The fourth-order valence-electron chi connectivity index (χ4n) is 3.16. The first kappa shape index (κ1) is 22.1. The summed E-state index contributed by atoms with van der Waals surface area (Å²) < 4.78 is 5.86. The summed E-state index contributed by atoms with van der Waals surface area (Å²) in [5, 5.41) is 5.75. The number of para-hydroxylation sites is 1. The molecule has 0 heterocycles. The van der Waals surface area contributed by atoms with E-state index in [0.29, 0.717) is 23.5 Å². The van der Waals surface area contributed by atoms with Gasteiger partial charge in [0.25, 0.3) is 11.8 Å². The largest absolute Gasteiger partial charge is 0.481 e. The van der Waals surface area contributed by atoms with Crippen molar-refractivity contribution in [3.8, 4) is 5.75 Å². The first-order chi connectivity index (χ1) is 14.9. The standard InChI is InChI=1S/C26H28N2O3/c1-18-13-14-19(2)24(17-18)31-20(3)25(29)28-23-12-8-7-11-22(23)26(30)27-16-15-21-9-5-4-6-10-21/h4-14,17,20H,15-16H2,1-3H3,(H,27,30)(H,28,29)/t20-/m0/s1. The molecule has 2 amide bonds. The molecule has 3 aromatic rings. The van der Waals surface area contributed by atoms with Gasteiger partial charge in [0, 0.05) is 6.54 Å². The third-order valence-corrected chi connectivity index (χ3v) is 4.99. The predicted octanol–water partition coefficient (Wildman–Crippen LogP) is 4.68. The van der Waals surface area contributed by atoms with E-state index in [0.717, 1.165) is 23.1 Å². The number of carbonyl (C=O) groups is 2. The summed E-state index contributed by atoms with van der Waals surface area (Å²) in [4.78, 5) is 25.4. The van der Waals surface area contributed by atoms with E-state index in [9.17, 15) is 9.59 Å². The third kappa shape index (κ3) is 6.19. The van der Waals surface area contributed by atoms with E-state index < -0.39 is 6.10 Å². The molecule has 3 rings (SSSR count). The Labute approximate surface area is 183 Å². The van der Waals surface area contributed by atoms with Gasteiger partial charge in [-0.15, -0.1) is 0 Å². The van der Waals surface area contributed by atoms with Gasteiger partial charge in [-0.05, 0) is 62.1 Å². The number of hydrogen-bond donors (Lipinski definition) is 2. The Morgan fingerprint density at radius 1 is 0.935 bits per heavy atom. The first-order valence-electron chi connectivity index (χ1n) is 10.4. The van der Waals surface area contributed by atoms with Gasteiger partial charge in [-0.2, -0.15) is 0 Å². The second kappa shape index (κ2) is 10.4. The Balaban J connectivity index is 1.61. The molecule has 0 saturated carbocycles. The lowest BCUT2D eigenvalue weighted by atomic mass is 10.1. The first-order valence-corrected chi connectivity index (χ1v) is 10.4. The normalized spacial score (nSPS) is 11.5. The average molecular weight is 417 g/mol. The van der Waals surface area contributed by atoms with Crippen molar-refractivity contribution in [3.63, 3.8) is 0 Å². The van der Waals surface area contributed by atoms with Crippen molar-refractivity contribution in [1.29, 1.82) is 0 Å². The van der Waals surface area contributed by atoms with Crippen LogP contribution in [0, 0.1) is 13.8 Å².